The lowest BCUT2D eigenvalue weighted by Gasteiger charge is -2.07. The van der Waals surface area contributed by atoms with Crippen LogP contribution in [0.3, 0.4) is 0 Å². The van der Waals surface area contributed by atoms with Crippen LogP contribution in [-0.2, 0) is 10.0 Å². The summed E-state index contributed by atoms with van der Waals surface area (Å²) in [5.41, 5.74) is 1.85. The van der Waals surface area contributed by atoms with Gasteiger partial charge in [-0.15, -0.1) is 5.10 Å². The van der Waals surface area contributed by atoms with Gasteiger partial charge in [0.05, 0.1) is 22.5 Å². The lowest BCUT2D eigenvalue weighted by molar-refractivity contribution is 0.601. The van der Waals surface area contributed by atoms with Crippen molar-refractivity contribution in [2.75, 3.05) is 4.72 Å². The average Bonchev–Trinajstić information content (AvgIpc) is 3.06. The molecule has 0 bridgehead atoms. The molecule has 0 aliphatic rings. The largest absolute Gasteiger partial charge is 0.278 e. The highest BCUT2D eigenvalue weighted by atomic mass is 32.2. The number of hydrogen-bond donors (Lipinski definition) is 1. The van der Waals surface area contributed by atoms with Crippen LogP contribution in [0.25, 0.3) is 16.7 Å². The van der Waals surface area contributed by atoms with Crippen LogP contribution in [0.4, 0.5) is 5.69 Å². The van der Waals surface area contributed by atoms with E-state index >= 15 is 0 Å². The number of fused-ring (bicyclic) bond motifs is 1. The maximum atomic E-state index is 12.4. The lowest BCUT2D eigenvalue weighted by atomic mass is 10.3. The number of nitrogens with one attached hydrogen (secondary N) is 1. The summed E-state index contributed by atoms with van der Waals surface area (Å²) in [6, 6.07) is 19.6. The van der Waals surface area contributed by atoms with E-state index in [0.29, 0.717) is 11.3 Å². The van der Waals surface area contributed by atoms with Crippen molar-refractivity contribution >= 4 is 26.7 Å². The Hall–Kier alpha value is -3.19. The summed E-state index contributed by atoms with van der Waals surface area (Å²) >= 11 is 0. The first-order valence-corrected chi connectivity index (χ1v) is 9.09. The zero-order chi connectivity index (χ0) is 17.3. The molecule has 2 aromatic carbocycles. The van der Waals surface area contributed by atoms with Gasteiger partial charge in [0.1, 0.15) is 0 Å². The van der Waals surface area contributed by atoms with E-state index in [0.717, 1.165) is 11.1 Å². The standard InChI is InChI=1S/C18H14N4O2S/c23-25(24,17-9-5-2-6-10-17)21-15-11-14-13-22(20-18(14)19-12-15)16-7-3-1-4-8-16/h1-13,21H. The minimum atomic E-state index is -3.64. The smallest absolute Gasteiger partial charge is 0.261 e. The summed E-state index contributed by atoms with van der Waals surface area (Å²) in [5, 5.41) is 5.15. The van der Waals surface area contributed by atoms with Crippen LogP contribution in [0.5, 0.6) is 0 Å². The number of para-hydroxylation sites is 1. The molecule has 25 heavy (non-hydrogen) atoms. The molecule has 0 spiro atoms. The Labute approximate surface area is 144 Å². The van der Waals surface area contributed by atoms with E-state index in [-0.39, 0.29) is 4.90 Å². The Morgan fingerprint density at radius 3 is 2.32 bits per heavy atom. The molecule has 7 heteroatoms. The molecule has 124 valence electrons. The normalized spacial score (nSPS) is 11.5. The molecule has 0 atom stereocenters. The van der Waals surface area contributed by atoms with Gasteiger partial charge in [-0.2, -0.15) is 0 Å². The van der Waals surface area contributed by atoms with E-state index in [1.54, 1.807) is 41.1 Å². The molecule has 0 unspecified atom stereocenters. The van der Waals surface area contributed by atoms with Gasteiger partial charge >= 0.3 is 0 Å². The van der Waals surface area contributed by atoms with Crippen LogP contribution in [0.2, 0.25) is 0 Å². The molecule has 0 aliphatic heterocycles. The van der Waals surface area contributed by atoms with Crippen LogP contribution in [0, 0.1) is 0 Å². The van der Waals surface area contributed by atoms with Crippen LogP contribution in [0.15, 0.2) is 84.0 Å². The first kappa shape index (κ1) is 15.3. The Kier molecular flexibility index (Phi) is 3.70. The van der Waals surface area contributed by atoms with Gasteiger partial charge in [-0.25, -0.2) is 18.1 Å². The highest BCUT2D eigenvalue weighted by Crippen LogP contribution is 2.20. The minimum absolute atomic E-state index is 0.204. The molecule has 4 rings (SSSR count). The molecule has 0 aliphatic carbocycles. The van der Waals surface area contributed by atoms with Gasteiger partial charge < -0.3 is 0 Å². The third-order valence-electron chi connectivity index (χ3n) is 3.69. The topological polar surface area (TPSA) is 76.9 Å². The van der Waals surface area contributed by atoms with Crippen LogP contribution >= 0.6 is 0 Å². The second-order valence-corrected chi connectivity index (χ2v) is 7.15. The van der Waals surface area contributed by atoms with E-state index in [1.807, 2.05) is 36.5 Å². The van der Waals surface area contributed by atoms with E-state index < -0.39 is 10.0 Å². The van der Waals surface area contributed by atoms with Crippen LogP contribution < -0.4 is 4.72 Å². The van der Waals surface area contributed by atoms with Gasteiger partial charge in [-0.1, -0.05) is 36.4 Å². The first-order chi connectivity index (χ1) is 12.1. The zero-order valence-electron chi connectivity index (χ0n) is 13.1. The lowest BCUT2D eigenvalue weighted by Crippen LogP contribution is -2.12. The number of nitrogens with zero attached hydrogens (tertiary/aromatic N) is 3. The molecule has 0 saturated carbocycles. The predicted octanol–water partition coefficient (Wildman–Crippen LogP) is 3.22. The number of aromatic nitrogens is 3. The number of sulfonamides is 1. The van der Waals surface area contributed by atoms with E-state index in [2.05, 4.69) is 14.8 Å². The Morgan fingerprint density at radius 2 is 1.60 bits per heavy atom. The summed E-state index contributed by atoms with van der Waals surface area (Å²) in [7, 11) is -3.64. The fraction of sp³-hybridized carbons (Fsp3) is 0. The molecule has 2 aromatic heterocycles. The average molecular weight is 350 g/mol. The first-order valence-electron chi connectivity index (χ1n) is 7.60. The predicted molar refractivity (Wildman–Crippen MR) is 96.1 cm³/mol. The second kappa shape index (κ2) is 6.03. The van der Waals surface area contributed by atoms with E-state index in [1.165, 1.54) is 6.20 Å². The third kappa shape index (κ3) is 3.09. The van der Waals surface area contributed by atoms with Crippen molar-refractivity contribution in [3.05, 3.63) is 79.1 Å². The Balaban J connectivity index is 1.68. The van der Waals surface area contributed by atoms with Gasteiger partial charge in [-0.05, 0) is 30.3 Å². The van der Waals surface area contributed by atoms with Gasteiger partial charge in [0.25, 0.3) is 10.0 Å². The van der Waals surface area contributed by atoms with Crippen molar-refractivity contribution < 1.29 is 8.42 Å². The molecular weight excluding hydrogens is 336 g/mol. The molecule has 6 nitrogen and oxygen atoms in total. The monoisotopic (exact) mass is 350 g/mol. The highest BCUT2D eigenvalue weighted by Gasteiger charge is 2.14. The third-order valence-corrected chi connectivity index (χ3v) is 5.08. The summed E-state index contributed by atoms with van der Waals surface area (Å²) in [4.78, 5) is 4.45. The molecule has 0 radical (unpaired) electrons. The van der Waals surface area contributed by atoms with Gasteiger partial charge in [0.2, 0.25) is 0 Å². The van der Waals surface area contributed by atoms with E-state index in [4.69, 9.17) is 0 Å². The Bertz CT molecular complexity index is 1120. The maximum Gasteiger partial charge on any atom is 0.261 e. The van der Waals surface area contributed by atoms with Crippen molar-refractivity contribution in [2.45, 2.75) is 4.90 Å². The SMILES string of the molecule is O=S(=O)(Nc1cnc2nn(-c3ccccc3)cc2c1)c1ccccc1. The van der Waals surface area contributed by atoms with Crippen molar-refractivity contribution in [2.24, 2.45) is 0 Å². The maximum absolute atomic E-state index is 12.4. The fourth-order valence-electron chi connectivity index (χ4n) is 2.50. The number of pyridine rings is 1. The van der Waals surface area contributed by atoms with Gasteiger partial charge in [-0.3, -0.25) is 4.72 Å². The minimum Gasteiger partial charge on any atom is -0.278 e. The molecule has 1 N–H and O–H groups in total. The second-order valence-electron chi connectivity index (χ2n) is 5.46. The highest BCUT2D eigenvalue weighted by molar-refractivity contribution is 7.92. The molecule has 0 fully saturated rings. The quantitative estimate of drug-likeness (QED) is 0.613. The van der Waals surface area contributed by atoms with Crippen LogP contribution in [-0.4, -0.2) is 23.2 Å². The molecule has 4 aromatic rings. The van der Waals surface area contributed by atoms with Crippen molar-refractivity contribution in [1.82, 2.24) is 14.8 Å². The number of anilines is 1. The molecule has 0 saturated heterocycles. The summed E-state index contributed by atoms with van der Waals surface area (Å²) in [6.45, 7) is 0. The molecular formula is C18H14N4O2S. The number of hydrogen-bond acceptors (Lipinski definition) is 4. The summed E-state index contributed by atoms with van der Waals surface area (Å²) in [6.07, 6.45) is 3.28. The van der Waals surface area contributed by atoms with Gasteiger partial charge in [0, 0.05) is 11.6 Å². The fourth-order valence-corrected chi connectivity index (χ4v) is 3.55. The number of benzene rings is 2. The molecule has 0 amide bonds. The van der Waals surface area contributed by atoms with Gasteiger partial charge in [0.15, 0.2) is 5.65 Å². The Morgan fingerprint density at radius 1 is 0.920 bits per heavy atom. The summed E-state index contributed by atoms with van der Waals surface area (Å²) < 4.78 is 29.1. The number of rotatable bonds is 4. The summed E-state index contributed by atoms with van der Waals surface area (Å²) in [5.74, 6) is 0. The van der Waals surface area contributed by atoms with Crippen molar-refractivity contribution in [1.29, 1.82) is 0 Å². The zero-order valence-corrected chi connectivity index (χ0v) is 13.9. The molecule has 2 heterocycles. The van der Waals surface area contributed by atoms with Crippen molar-refractivity contribution in [3.63, 3.8) is 0 Å². The van der Waals surface area contributed by atoms with Crippen LogP contribution in [0.1, 0.15) is 0 Å². The van der Waals surface area contributed by atoms with E-state index in [9.17, 15) is 8.42 Å². The van der Waals surface area contributed by atoms with Crippen molar-refractivity contribution in [3.8, 4) is 5.69 Å².